The topological polar surface area (TPSA) is 61.2 Å². The third-order valence-electron chi connectivity index (χ3n) is 3.23. The molecule has 2 unspecified atom stereocenters. The summed E-state index contributed by atoms with van der Waals surface area (Å²) in [6.45, 7) is 5.21. The first-order chi connectivity index (χ1) is 9.43. The molecule has 1 heterocycles. The number of hydrogen-bond donors (Lipinski definition) is 0. The van der Waals surface area contributed by atoms with E-state index in [0.717, 1.165) is 5.56 Å². The van der Waals surface area contributed by atoms with Gasteiger partial charge in [0.25, 0.3) is 0 Å². The predicted octanol–water partition coefficient (Wildman–Crippen LogP) is 2.27. The van der Waals surface area contributed by atoms with E-state index in [2.05, 4.69) is 19.9 Å². The molecule has 6 heteroatoms. The summed E-state index contributed by atoms with van der Waals surface area (Å²) in [5.74, 6) is 0. The van der Waals surface area contributed by atoms with Crippen molar-refractivity contribution in [2.24, 2.45) is 0 Å². The second-order valence-corrected chi connectivity index (χ2v) is 8.88. The second kappa shape index (κ2) is 6.17. The lowest BCUT2D eigenvalue weighted by Crippen LogP contribution is -2.43. The third-order valence-corrected chi connectivity index (χ3v) is 6.30. The van der Waals surface area contributed by atoms with Crippen molar-refractivity contribution in [3.63, 3.8) is 0 Å². The zero-order valence-electron chi connectivity index (χ0n) is 11.6. The van der Waals surface area contributed by atoms with Crippen molar-refractivity contribution >= 4 is 21.8 Å². The van der Waals surface area contributed by atoms with Crippen molar-refractivity contribution in [2.75, 3.05) is 13.1 Å². The summed E-state index contributed by atoms with van der Waals surface area (Å²) in [7, 11) is -3.42. The lowest BCUT2D eigenvalue weighted by atomic mass is 10.2. The quantitative estimate of drug-likeness (QED) is 0.859. The Morgan fingerprint density at radius 2 is 1.80 bits per heavy atom. The van der Waals surface area contributed by atoms with Crippen LogP contribution in [-0.4, -0.2) is 36.3 Å². The van der Waals surface area contributed by atoms with Gasteiger partial charge in [-0.05, 0) is 17.7 Å². The van der Waals surface area contributed by atoms with Crippen LogP contribution in [-0.2, 0) is 16.4 Å². The minimum atomic E-state index is -3.42. The Hall–Kier alpha value is -1.03. The van der Waals surface area contributed by atoms with Crippen molar-refractivity contribution in [1.82, 2.24) is 4.31 Å². The van der Waals surface area contributed by atoms with Gasteiger partial charge in [-0.3, -0.25) is 0 Å². The molecule has 0 N–H and O–H groups in total. The molecule has 1 saturated heterocycles. The fraction of sp³-hybridized carbons (Fsp3) is 0.500. The highest BCUT2D eigenvalue weighted by Gasteiger charge is 2.31. The third kappa shape index (κ3) is 3.35. The van der Waals surface area contributed by atoms with Gasteiger partial charge in [0, 0.05) is 23.6 Å². The molecule has 0 spiro atoms. The van der Waals surface area contributed by atoms with Crippen LogP contribution in [0.15, 0.2) is 29.2 Å². The number of sulfonamides is 1. The van der Waals surface area contributed by atoms with E-state index < -0.39 is 10.0 Å². The molecule has 1 aromatic rings. The normalized spacial score (nSPS) is 24.2. The van der Waals surface area contributed by atoms with Crippen LogP contribution in [0.5, 0.6) is 0 Å². The molecule has 4 nitrogen and oxygen atoms in total. The number of thioether (sulfide) groups is 1. The Bertz CT molecular complexity index is 595. The standard InChI is InChI=1S/C14H18N2O2S2/c1-11-9-16(10-12(2)19-11)20(17,18)14-5-3-13(4-6-14)7-8-15/h3-6,11-12H,7,9-10H2,1-2H3. The van der Waals surface area contributed by atoms with E-state index in [-0.39, 0.29) is 0 Å². The van der Waals surface area contributed by atoms with E-state index >= 15 is 0 Å². The maximum Gasteiger partial charge on any atom is 0.243 e. The van der Waals surface area contributed by atoms with Crippen LogP contribution in [0.4, 0.5) is 0 Å². The second-order valence-electron chi connectivity index (χ2n) is 5.06. The largest absolute Gasteiger partial charge is 0.243 e. The smallest absolute Gasteiger partial charge is 0.207 e. The molecular weight excluding hydrogens is 292 g/mol. The first-order valence-corrected chi connectivity index (χ1v) is 8.93. The monoisotopic (exact) mass is 310 g/mol. The van der Waals surface area contributed by atoms with E-state index in [9.17, 15) is 8.42 Å². The molecule has 108 valence electrons. The summed E-state index contributed by atoms with van der Waals surface area (Å²) in [4.78, 5) is 0.311. The number of benzene rings is 1. The molecule has 0 amide bonds. The van der Waals surface area contributed by atoms with Crippen LogP contribution in [0.3, 0.4) is 0 Å². The van der Waals surface area contributed by atoms with Crippen molar-refractivity contribution in [2.45, 2.75) is 35.7 Å². The average molecular weight is 310 g/mol. The average Bonchev–Trinajstić information content (AvgIpc) is 2.38. The Morgan fingerprint density at radius 3 is 2.30 bits per heavy atom. The van der Waals surface area contributed by atoms with Crippen molar-refractivity contribution < 1.29 is 8.42 Å². The number of rotatable bonds is 3. The Labute approximate surface area is 124 Å². The molecule has 0 saturated carbocycles. The SMILES string of the molecule is CC1CN(S(=O)(=O)c2ccc(CC#N)cc2)CC(C)S1. The molecule has 0 aromatic heterocycles. The molecule has 1 aliphatic heterocycles. The van der Waals surface area contributed by atoms with Gasteiger partial charge in [0.2, 0.25) is 10.0 Å². The van der Waals surface area contributed by atoms with Gasteiger partial charge in [-0.2, -0.15) is 21.3 Å². The minimum absolute atomic E-state index is 0.300. The van der Waals surface area contributed by atoms with E-state index in [0.29, 0.717) is 34.9 Å². The minimum Gasteiger partial charge on any atom is -0.207 e. The maximum atomic E-state index is 12.6. The van der Waals surface area contributed by atoms with Gasteiger partial charge in [-0.15, -0.1) is 0 Å². The lowest BCUT2D eigenvalue weighted by Gasteiger charge is -2.33. The van der Waals surface area contributed by atoms with Gasteiger partial charge in [-0.25, -0.2) is 8.42 Å². The number of hydrogen-bond acceptors (Lipinski definition) is 4. The summed E-state index contributed by atoms with van der Waals surface area (Å²) in [5.41, 5.74) is 0.836. The molecule has 0 aliphatic carbocycles. The summed E-state index contributed by atoms with van der Waals surface area (Å²) >= 11 is 1.82. The van der Waals surface area contributed by atoms with Gasteiger partial charge in [0.05, 0.1) is 17.4 Å². The molecule has 1 aliphatic rings. The van der Waals surface area contributed by atoms with Gasteiger partial charge < -0.3 is 0 Å². The first kappa shape index (κ1) is 15.4. The summed E-state index contributed by atoms with van der Waals surface area (Å²) in [6, 6.07) is 8.67. The Balaban J connectivity index is 2.23. The molecular formula is C14H18N2O2S2. The van der Waals surface area contributed by atoms with Crippen molar-refractivity contribution in [3.8, 4) is 6.07 Å². The van der Waals surface area contributed by atoms with Gasteiger partial charge in [0.1, 0.15) is 0 Å². The summed E-state index contributed by atoms with van der Waals surface area (Å²) < 4.78 is 26.8. The molecule has 1 fully saturated rings. The van der Waals surface area contributed by atoms with E-state index in [1.54, 1.807) is 28.6 Å². The fourth-order valence-corrected chi connectivity index (χ4v) is 5.48. The van der Waals surface area contributed by atoms with E-state index in [1.807, 2.05) is 11.8 Å². The molecule has 0 radical (unpaired) electrons. The van der Waals surface area contributed by atoms with Crippen molar-refractivity contribution in [1.29, 1.82) is 5.26 Å². The molecule has 0 bridgehead atoms. The predicted molar refractivity (Wildman–Crippen MR) is 81.0 cm³/mol. The van der Waals surface area contributed by atoms with Crippen LogP contribution >= 0.6 is 11.8 Å². The van der Waals surface area contributed by atoms with Crippen LogP contribution in [0.2, 0.25) is 0 Å². The van der Waals surface area contributed by atoms with E-state index in [4.69, 9.17) is 5.26 Å². The number of nitriles is 1. The van der Waals surface area contributed by atoms with Gasteiger partial charge >= 0.3 is 0 Å². The van der Waals surface area contributed by atoms with Crippen LogP contribution in [0.1, 0.15) is 19.4 Å². The lowest BCUT2D eigenvalue weighted by molar-refractivity contribution is 0.405. The van der Waals surface area contributed by atoms with Crippen LogP contribution in [0, 0.1) is 11.3 Å². The highest BCUT2D eigenvalue weighted by Crippen LogP contribution is 2.28. The number of nitrogens with zero attached hydrogens (tertiary/aromatic N) is 2. The molecule has 1 aromatic carbocycles. The highest BCUT2D eigenvalue weighted by molar-refractivity contribution is 8.00. The van der Waals surface area contributed by atoms with Crippen molar-refractivity contribution in [3.05, 3.63) is 29.8 Å². The zero-order valence-corrected chi connectivity index (χ0v) is 13.2. The first-order valence-electron chi connectivity index (χ1n) is 6.55. The molecule has 20 heavy (non-hydrogen) atoms. The Morgan fingerprint density at radius 1 is 1.25 bits per heavy atom. The van der Waals surface area contributed by atoms with Gasteiger partial charge in [0.15, 0.2) is 0 Å². The summed E-state index contributed by atoms with van der Waals surface area (Å²) in [6.07, 6.45) is 0.300. The zero-order chi connectivity index (χ0) is 14.8. The Kier molecular flexibility index (Phi) is 4.74. The fourth-order valence-electron chi connectivity index (χ4n) is 2.35. The molecule has 2 rings (SSSR count). The maximum absolute atomic E-state index is 12.6. The molecule has 2 atom stereocenters. The van der Waals surface area contributed by atoms with Crippen LogP contribution < -0.4 is 0 Å². The van der Waals surface area contributed by atoms with Gasteiger partial charge in [-0.1, -0.05) is 26.0 Å². The highest BCUT2D eigenvalue weighted by atomic mass is 32.2. The summed E-state index contributed by atoms with van der Waals surface area (Å²) in [5, 5.41) is 9.26. The van der Waals surface area contributed by atoms with Crippen LogP contribution in [0.25, 0.3) is 0 Å². The van der Waals surface area contributed by atoms with E-state index in [1.165, 1.54) is 0 Å².